The lowest BCUT2D eigenvalue weighted by Crippen LogP contribution is -2.48. The molecule has 1 rings (SSSR count). The Morgan fingerprint density at radius 2 is 2.13 bits per heavy atom. The van der Waals surface area contributed by atoms with Gasteiger partial charge in [0, 0.05) is 6.42 Å². The third-order valence-electron chi connectivity index (χ3n) is 3.36. The number of unbranched alkanes of at least 4 members (excludes halogenated alkanes) is 3. The number of aliphatic hydroxyl groups excluding tert-OH is 1. The van der Waals surface area contributed by atoms with Gasteiger partial charge >= 0.3 is 0 Å². The number of quaternary nitrogens is 1. The first-order valence-corrected chi connectivity index (χ1v) is 6.22. The average molecular weight is 213 g/mol. The molecular formula is C12H25N2O+. The van der Waals surface area contributed by atoms with Crippen LogP contribution in [0.1, 0.15) is 39.0 Å². The van der Waals surface area contributed by atoms with Crippen LogP contribution >= 0.6 is 0 Å². The minimum absolute atomic E-state index is 0.268. The van der Waals surface area contributed by atoms with Gasteiger partial charge in [0.1, 0.15) is 13.1 Å². The molecule has 1 N–H and O–H groups in total. The van der Waals surface area contributed by atoms with E-state index in [1.807, 2.05) is 0 Å². The molecule has 0 aliphatic carbocycles. The van der Waals surface area contributed by atoms with Crippen molar-refractivity contribution in [2.45, 2.75) is 39.0 Å². The quantitative estimate of drug-likeness (QED) is 0.508. The van der Waals surface area contributed by atoms with E-state index in [0.717, 1.165) is 30.5 Å². The van der Waals surface area contributed by atoms with E-state index in [4.69, 9.17) is 5.11 Å². The second kappa shape index (κ2) is 6.23. The Morgan fingerprint density at radius 1 is 1.33 bits per heavy atom. The third kappa shape index (κ3) is 3.58. The van der Waals surface area contributed by atoms with E-state index in [1.165, 1.54) is 31.5 Å². The molecule has 0 saturated heterocycles. The highest BCUT2D eigenvalue weighted by atomic mass is 16.3. The van der Waals surface area contributed by atoms with Crippen LogP contribution in [0.25, 0.3) is 0 Å². The first-order chi connectivity index (χ1) is 7.23. The molecule has 1 atom stereocenters. The summed E-state index contributed by atoms with van der Waals surface area (Å²) in [6.07, 6.45) is 6.31. The predicted molar refractivity (Wildman–Crippen MR) is 64.1 cm³/mol. The number of aliphatic hydroxyl groups is 1. The van der Waals surface area contributed by atoms with Crippen molar-refractivity contribution < 1.29 is 9.59 Å². The topological polar surface area (TPSA) is 32.6 Å². The zero-order chi connectivity index (χ0) is 11.1. The van der Waals surface area contributed by atoms with Gasteiger partial charge in [0.05, 0.1) is 20.2 Å². The predicted octanol–water partition coefficient (Wildman–Crippen LogP) is 1.81. The van der Waals surface area contributed by atoms with Crippen LogP contribution in [0.2, 0.25) is 0 Å². The van der Waals surface area contributed by atoms with E-state index in [9.17, 15) is 0 Å². The van der Waals surface area contributed by atoms with Crippen molar-refractivity contribution in [3.05, 3.63) is 0 Å². The summed E-state index contributed by atoms with van der Waals surface area (Å²) >= 11 is 0. The molecule has 0 aromatic heterocycles. The van der Waals surface area contributed by atoms with Gasteiger partial charge in [-0.2, -0.15) is 0 Å². The molecule has 3 nitrogen and oxygen atoms in total. The summed E-state index contributed by atoms with van der Waals surface area (Å²) in [4.78, 5) is 4.58. The van der Waals surface area contributed by atoms with Gasteiger partial charge in [-0.3, -0.25) is 4.48 Å². The molecule has 1 heterocycles. The second-order valence-electron chi connectivity index (χ2n) is 4.68. The summed E-state index contributed by atoms with van der Waals surface area (Å²) in [5, 5.41) is 9.05. The van der Waals surface area contributed by atoms with E-state index in [0.29, 0.717) is 0 Å². The van der Waals surface area contributed by atoms with Crippen LogP contribution in [0.5, 0.6) is 0 Å². The zero-order valence-electron chi connectivity index (χ0n) is 10.2. The number of hydrogen-bond donors (Lipinski definition) is 1. The van der Waals surface area contributed by atoms with E-state index in [-0.39, 0.29) is 6.61 Å². The van der Waals surface area contributed by atoms with Gasteiger partial charge < -0.3 is 5.11 Å². The number of hydrogen-bond acceptors (Lipinski definition) is 2. The second-order valence-corrected chi connectivity index (χ2v) is 4.68. The monoisotopic (exact) mass is 213 g/mol. The Bertz CT molecular complexity index is 216. The third-order valence-corrected chi connectivity index (χ3v) is 3.36. The summed E-state index contributed by atoms with van der Waals surface area (Å²) in [5.41, 5.74) is 0. The van der Waals surface area contributed by atoms with E-state index in [2.05, 4.69) is 19.0 Å². The first-order valence-electron chi connectivity index (χ1n) is 6.22. The van der Waals surface area contributed by atoms with Gasteiger partial charge in [-0.05, 0) is 6.42 Å². The molecule has 88 valence electrons. The van der Waals surface area contributed by atoms with Crippen LogP contribution in [-0.2, 0) is 0 Å². The fraction of sp³-hybridized carbons (Fsp3) is 0.917. The van der Waals surface area contributed by atoms with Crippen molar-refractivity contribution in [1.82, 2.24) is 0 Å². The van der Waals surface area contributed by atoms with Gasteiger partial charge in [-0.25, -0.2) is 4.99 Å². The van der Waals surface area contributed by atoms with Crippen molar-refractivity contribution in [1.29, 1.82) is 0 Å². The summed E-state index contributed by atoms with van der Waals surface area (Å²) < 4.78 is 0.878. The molecule has 0 fully saturated rings. The smallest absolute Gasteiger partial charge is 0.198 e. The van der Waals surface area contributed by atoms with E-state index >= 15 is 0 Å². The molecule has 0 saturated carbocycles. The number of aliphatic imine (C=N–C) groups is 1. The molecule has 1 aliphatic heterocycles. The molecule has 0 bridgehead atoms. The maximum atomic E-state index is 9.05. The molecule has 0 aromatic carbocycles. The van der Waals surface area contributed by atoms with Crippen molar-refractivity contribution >= 4 is 5.84 Å². The van der Waals surface area contributed by atoms with E-state index < -0.39 is 0 Å². The van der Waals surface area contributed by atoms with Crippen LogP contribution in [0.15, 0.2) is 4.99 Å². The van der Waals surface area contributed by atoms with Gasteiger partial charge in [-0.15, -0.1) is 0 Å². The average Bonchev–Trinajstić information content (AvgIpc) is 2.56. The largest absolute Gasteiger partial charge is 0.390 e. The number of rotatable bonds is 7. The highest BCUT2D eigenvalue weighted by Crippen LogP contribution is 2.16. The Kier molecular flexibility index (Phi) is 5.26. The van der Waals surface area contributed by atoms with Gasteiger partial charge in [0.25, 0.3) is 0 Å². The number of amidine groups is 1. The Balaban J connectivity index is 2.33. The molecule has 1 aliphatic rings. The summed E-state index contributed by atoms with van der Waals surface area (Å²) in [6.45, 7) is 5.35. The van der Waals surface area contributed by atoms with Gasteiger partial charge in [-0.1, -0.05) is 26.2 Å². The Morgan fingerprint density at radius 3 is 2.80 bits per heavy atom. The highest BCUT2D eigenvalue weighted by Gasteiger charge is 2.32. The maximum Gasteiger partial charge on any atom is 0.198 e. The lowest BCUT2D eigenvalue weighted by atomic mass is 10.1. The van der Waals surface area contributed by atoms with Crippen LogP contribution in [-0.4, -0.2) is 48.7 Å². The SMILES string of the molecule is CCCCCCC1=NCC[N+]1(C)CCO. The lowest BCUT2D eigenvalue weighted by Gasteiger charge is -2.29. The molecule has 0 spiro atoms. The molecule has 15 heavy (non-hydrogen) atoms. The molecule has 0 radical (unpaired) electrons. The van der Waals surface area contributed by atoms with Crippen LogP contribution in [0.3, 0.4) is 0 Å². The van der Waals surface area contributed by atoms with Crippen LogP contribution in [0, 0.1) is 0 Å². The highest BCUT2D eigenvalue weighted by molar-refractivity contribution is 5.76. The van der Waals surface area contributed by atoms with Crippen molar-refractivity contribution in [2.75, 3.05) is 33.3 Å². The molecular weight excluding hydrogens is 188 g/mol. The molecule has 1 unspecified atom stereocenters. The minimum Gasteiger partial charge on any atom is -0.390 e. The van der Waals surface area contributed by atoms with Gasteiger partial charge in [0.15, 0.2) is 5.84 Å². The summed E-state index contributed by atoms with van der Waals surface area (Å²) in [6, 6.07) is 0. The van der Waals surface area contributed by atoms with Crippen LogP contribution in [0.4, 0.5) is 0 Å². The lowest BCUT2D eigenvalue weighted by molar-refractivity contribution is -0.815. The normalized spacial score (nSPS) is 25.7. The van der Waals surface area contributed by atoms with Crippen molar-refractivity contribution in [3.63, 3.8) is 0 Å². The van der Waals surface area contributed by atoms with Crippen molar-refractivity contribution in [3.8, 4) is 0 Å². The number of likely N-dealkylation sites (N-methyl/N-ethyl adjacent to an activating group) is 1. The first kappa shape index (κ1) is 12.7. The Labute approximate surface area is 93.4 Å². The molecule has 0 aromatic rings. The minimum atomic E-state index is 0.268. The fourth-order valence-corrected chi connectivity index (χ4v) is 2.22. The molecule has 3 heteroatoms. The maximum absolute atomic E-state index is 9.05. The van der Waals surface area contributed by atoms with Crippen molar-refractivity contribution in [2.24, 2.45) is 4.99 Å². The van der Waals surface area contributed by atoms with E-state index in [1.54, 1.807) is 0 Å². The summed E-state index contributed by atoms with van der Waals surface area (Å²) in [5.74, 6) is 1.31. The fourth-order valence-electron chi connectivity index (χ4n) is 2.22. The standard InChI is InChI=1S/C12H25N2O/c1-3-4-5-6-7-12-13-8-9-14(12,2)10-11-15/h15H,3-11H2,1-2H3/q+1. The van der Waals surface area contributed by atoms with Gasteiger partial charge in [0.2, 0.25) is 0 Å². The van der Waals surface area contributed by atoms with Crippen LogP contribution < -0.4 is 0 Å². The molecule has 0 amide bonds. The number of nitrogens with zero attached hydrogens (tertiary/aromatic N) is 2. The summed E-state index contributed by atoms with van der Waals surface area (Å²) in [7, 11) is 2.20. The Hall–Kier alpha value is -0.410. The zero-order valence-corrected chi connectivity index (χ0v) is 10.2.